The van der Waals surface area contributed by atoms with Crippen LogP contribution in [0.25, 0.3) is 11.2 Å². The highest BCUT2D eigenvalue weighted by molar-refractivity contribution is 5.76. The van der Waals surface area contributed by atoms with Crippen molar-refractivity contribution in [2.75, 3.05) is 13.7 Å². The van der Waals surface area contributed by atoms with Gasteiger partial charge in [0.25, 0.3) is 0 Å². The number of nitrogens with zero attached hydrogens (tertiary/aromatic N) is 4. The Labute approximate surface area is 126 Å². The Balaban J connectivity index is 2.11. The molecule has 22 heavy (non-hydrogen) atoms. The molecule has 2 aromatic rings. The fraction of sp³-hybridized carbons (Fsp3) is 0.615. The van der Waals surface area contributed by atoms with Crippen LogP contribution < -0.4 is 4.74 Å². The van der Waals surface area contributed by atoms with Gasteiger partial charge in [0.05, 0.1) is 20.0 Å². The standard InChI is InChI=1S/C13H18N4O5/c1-3-13(20)9(19)7(4-18)22-12(13)17-6-16-8-10(17)14-5-15-11(8)21-2/h5-7,9,12,18-20H,3-4H2,1-2H3/t7-,9-,12-,13-/m1/s1. The summed E-state index contributed by atoms with van der Waals surface area (Å²) in [7, 11) is 1.47. The maximum Gasteiger partial charge on any atom is 0.245 e. The van der Waals surface area contributed by atoms with Crippen molar-refractivity contribution in [3.05, 3.63) is 12.7 Å². The van der Waals surface area contributed by atoms with E-state index >= 15 is 0 Å². The molecule has 9 nitrogen and oxygen atoms in total. The summed E-state index contributed by atoms with van der Waals surface area (Å²) in [5.74, 6) is 0.307. The van der Waals surface area contributed by atoms with Crippen LogP contribution >= 0.6 is 0 Å². The highest BCUT2D eigenvalue weighted by Crippen LogP contribution is 2.41. The normalized spacial score (nSPS) is 31.8. The molecule has 120 valence electrons. The third kappa shape index (κ3) is 1.97. The van der Waals surface area contributed by atoms with E-state index in [2.05, 4.69) is 15.0 Å². The van der Waals surface area contributed by atoms with Gasteiger partial charge in [0.2, 0.25) is 5.88 Å². The minimum Gasteiger partial charge on any atom is -0.479 e. The van der Waals surface area contributed by atoms with Gasteiger partial charge in [-0.25, -0.2) is 9.97 Å². The van der Waals surface area contributed by atoms with E-state index in [-0.39, 0.29) is 6.42 Å². The second kappa shape index (κ2) is 5.43. The van der Waals surface area contributed by atoms with Crippen LogP contribution in [0.4, 0.5) is 0 Å². The summed E-state index contributed by atoms with van der Waals surface area (Å²) in [4.78, 5) is 12.3. The van der Waals surface area contributed by atoms with Crippen molar-refractivity contribution in [3.8, 4) is 5.88 Å². The largest absolute Gasteiger partial charge is 0.479 e. The van der Waals surface area contributed by atoms with Crippen molar-refractivity contribution in [2.24, 2.45) is 0 Å². The Bertz CT molecular complexity index is 677. The van der Waals surface area contributed by atoms with Gasteiger partial charge in [-0.3, -0.25) is 4.57 Å². The molecule has 1 saturated heterocycles. The number of hydrogen-bond acceptors (Lipinski definition) is 8. The molecule has 0 bridgehead atoms. The zero-order chi connectivity index (χ0) is 15.9. The van der Waals surface area contributed by atoms with E-state index in [4.69, 9.17) is 9.47 Å². The van der Waals surface area contributed by atoms with Crippen molar-refractivity contribution >= 4 is 11.2 Å². The Morgan fingerprint density at radius 1 is 1.41 bits per heavy atom. The second-order valence-electron chi connectivity index (χ2n) is 5.21. The van der Waals surface area contributed by atoms with Crippen LogP contribution in [0, 0.1) is 0 Å². The zero-order valence-electron chi connectivity index (χ0n) is 12.2. The summed E-state index contributed by atoms with van der Waals surface area (Å²) in [6.07, 6.45) is -0.0186. The van der Waals surface area contributed by atoms with Crippen LogP contribution in [-0.4, -0.2) is 66.4 Å². The Hall–Kier alpha value is -1.81. The van der Waals surface area contributed by atoms with Crippen LogP contribution in [0.15, 0.2) is 12.7 Å². The fourth-order valence-corrected chi connectivity index (χ4v) is 2.81. The summed E-state index contributed by atoms with van der Waals surface area (Å²) in [5, 5.41) is 30.3. The van der Waals surface area contributed by atoms with E-state index in [0.29, 0.717) is 17.0 Å². The number of aliphatic hydroxyl groups is 3. The smallest absolute Gasteiger partial charge is 0.245 e. The third-order valence-electron chi connectivity index (χ3n) is 4.11. The minimum absolute atomic E-state index is 0.233. The molecule has 9 heteroatoms. The lowest BCUT2D eigenvalue weighted by Crippen LogP contribution is -2.46. The molecule has 0 amide bonds. The van der Waals surface area contributed by atoms with Gasteiger partial charge < -0.3 is 24.8 Å². The number of fused-ring (bicyclic) bond motifs is 1. The number of aliphatic hydroxyl groups excluding tert-OH is 2. The summed E-state index contributed by atoms with van der Waals surface area (Å²) in [5.41, 5.74) is -0.720. The molecule has 1 aliphatic rings. The lowest BCUT2D eigenvalue weighted by atomic mass is 9.91. The number of aromatic nitrogens is 4. The summed E-state index contributed by atoms with van der Waals surface area (Å²) >= 11 is 0. The second-order valence-corrected chi connectivity index (χ2v) is 5.21. The molecule has 2 aromatic heterocycles. The molecule has 3 N–H and O–H groups in total. The Morgan fingerprint density at radius 3 is 2.82 bits per heavy atom. The van der Waals surface area contributed by atoms with E-state index in [1.165, 1.54) is 24.3 Å². The summed E-state index contributed by atoms with van der Waals surface area (Å²) in [6.45, 7) is 1.33. The minimum atomic E-state index is -1.56. The van der Waals surface area contributed by atoms with Crippen LogP contribution in [-0.2, 0) is 4.74 Å². The van der Waals surface area contributed by atoms with E-state index in [0.717, 1.165) is 0 Å². The maximum absolute atomic E-state index is 10.8. The molecule has 0 aromatic carbocycles. The lowest BCUT2D eigenvalue weighted by molar-refractivity contribution is -0.109. The van der Waals surface area contributed by atoms with E-state index in [1.54, 1.807) is 6.92 Å². The average Bonchev–Trinajstić information content (AvgIpc) is 3.08. The zero-order valence-corrected chi connectivity index (χ0v) is 12.2. The maximum atomic E-state index is 10.8. The molecular weight excluding hydrogens is 292 g/mol. The molecule has 0 aliphatic carbocycles. The predicted molar refractivity (Wildman–Crippen MR) is 74.1 cm³/mol. The van der Waals surface area contributed by atoms with Gasteiger partial charge in [0, 0.05) is 0 Å². The SMILES string of the molecule is CC[C@@]1(O)[C@H](O)[C@@H](CO)O[C@H]1n1cnc2c(OC)ncnc21. The fourth-order valence-electron chi connectivity index (χ4n) is 2.81. The molecule has 0 spiro atoms. The molecule has 0 unspecified atom stereocenters. The highest BCUT2D eigenvalue weighted by Gasteiger charge is 2.55. The Kier molecular flexibility index (Phi) is 3.73. The molecule has 3 heterocycles. The number of imidazole rings is 1. The van der Waals surface area contributed by atoms with Gasteiger partial charge in [-0.2, -0.15) is 4.98 Å². The Morgan fingerprint density at radius 2 is 2.18 bits per heavy atom. The first-order valence-electron chi connectivity index (χ1n) is 6.95. The third-order valence-corrected chi connectivity index (χ3v) is 4.11. The summed E-state index contributed by atoms with van der Waals surface area (Å²) in [6, 6.07) is 0. The van der Waals surface area contributed by atoms with Gasteiger partial charge in [-0.15, -0.1) is 0 Å². The quantitative estimate of drug-likeness (QED) is 0.672. The van der Waals surface area contributed by atoms with Crippen LogP contribution in [0.5, 0.6) is 5.88 Å². The first kappa shape index (κ1) is 15.1. The van der Waals surface area contributed by atoms with E-state index in [9.17, 15) is 15.3 Å². The van der Waals surface area contributed by atoms with Crippen molar-refractivity contribution in [1.82, 2.24) is 19.5 Å². The topological polar surface area (TPSA) is 123 Å². The van der Waals surface area contributed by atoms with Crippen LogP contribution in [0.2, 0.25) is 0 Å². The highest BCUT2D eigenvalue weighted by atomic mass is 16.6. The number of methoxy groups -OCH3 is 1. The van der Waals surface area contributed by atoms with Gasteiger partial charge in [-0.1, -0.05) is 6.92 Å². The van der Waals surface area contributed by atoms with Crippen molar-refractivity contribution in [1.29, 1.82) is 0 Å². The number of ether oxygens (including phenoxy) is 2. The summed E-state index contributed by atoms with van der Waals surface area (Å²) < 4.78 is 12.3. The van der Waals surface area contributed by atoms with Crippen molar-refractivity contribution < 1.29 is 24.8 Å². The molecule has 1 aliphatic heterocycles. The van der Waals surface area contributed by atoms with Gasteiger partial charge in [-0.05, 0) is 6.42 Å². The molecule has 0 radical (unpaired) electrons. The molecule has 4 atom stereocenters. The number of hydrogen-bond donors (Lipinski definition) is 3. The van der Waals surface area contributed by atoms with Gasteiger partial charge in [0.15, 0.2) is 17.4 Å². The van der Waals surface area contributed by atoms with Crippen LogP contribution in [0.1, 0.15) is 19.6 Å². The molecule has 1 fully saturated rings. The molecular formula is C13H18N4O5. The van der Waals surface area contributed by atoms with Crippen molar-refractivity contribution in [3.63, 3.8) is 0 Å². The average molecular weight is 310 g/mol. The van der Waals surface area contributed by atoms with Gasteiger partial charge >= 0.3 is 0 Å². The van der Waals surface area contributed by atoms with Crippen LogP contribution in [0.3, 0.4) is 0 Å². The lowest BCUT2D eigenvalue weighted by Gasteiger charge is -2.30. The monoisotopic (exact) mass is 310 g/mol. The van der Waals surface area contributed by atoms with Crippen molar-refractivity contribution in [2.45, 2.75) is 37.4 Å². The van der Waals surface area contributed by atoms with E-state index in [1.807, 2.05) is 0 Å². The van der Waals surface area contributed by atoms with Gasteiger partial charge in [0.1, 0.15) is 24.1 Å². The number of rotatable bonds is 4. The predicted octanol–water partition coefficient (Wildman–Crippen LogP) is -0.773. The first-order valence-corrected chi connectivity index (χ1v) is 6.95. The van der Waals surface area contributed by atoms with E-state index < -0.39 is 30.6 Å². The molecule has 0 saturated carbocycles. The molecule has 3 rings (SSSR count). The first-order chi connectivity index (χ1) is 10.6.